The zero-order chi connectivity index (χ0) is 14.1. The molecule has 2 fully saturated rings. The van der Waals surface area contributed by atoms with Gasteiger partial charge in [-0.05, 0) is 41.4 Å². The lowest BCUT2D eigenvalue weighted by Gasteiger charge is -2.37. The molecule has 0 spiro atoms. The molecule has 6 nitrogen and oxygen atoms in total. The molecule has 1 unspecified atom stereocenters. The van der Waals surface area contributed by atoms with Gasteiger partial charge >= 0.3 is 0 Å². The highest BCUT2D eigenvalue weighted by Crippen LogP contribution is 2.24. The summed E-state index contributed by atoms with van der Waals surface area (Å²) in [4.78, 5) is 21.2. The fourth-order valence-electron chi connectivity index (χ4n) is 3.06. The Morgan fingerprint density at radius 2 is 2.30 bits per heavy atom. The number of amides is 1. The number of fused-ring (bicyclic) bond motifs is 1. The topological polar surface area (TPSA) is 74.5 Å². The maximum absolute atomic E-state index is 12.7. The van der Waals surface area contributed by atoms with Crippen molar-refractivity contribution in [2.45, 2.75) is 18.9 Å². The van der Waals surface area contributed by atoms with Crippen LogP contribution < -0.4 is 11.3 Å². The van der Waals surface area contributed by atoms with Crippen molar-refractivity contribution in [3.05, 3.63) is 22.3 Å². The molecule has 1 atom stereocenters. The average Bonchev–Trinajstić information content (AvgIpc) is 2.93. The van der Waals surface area contributed by atoms with Crippen molar-refractivity contribution in [2.75, 3.05) is 31.6 Å². The highest BCUT2D eigenvalue weighted by atomic mass is 79.9. The van der Waals surface area contributed by atoms with E-state index in [1.807, 2.05) is 4.90 Å². The minimum absolute atomic E-state index is 0.00157. The van der Waals surface area contributed by atoms with Gasteiger partial charge in [-0.15, -0.1) is 0 Å². The standard InChI is InChI=1S/C13H18BrN5O/c14-9-6-11(12(17-15)16-7-9)13(20)19-5-4-18-3-1-2-10(18)8-19/h6-7,10H,1-5,8,15H2,(H,16,17). The van der Waals surface area contributed by atoms with Crippen molar-refractivity contribution in [3.8, 4) is 0 Å². The largest absolute Gasteiger partial charge is 0.336 e. The van der Waals surface area contributed by atoms with Crippen LogP contribution >= 0.6 is 15.9 Å². The molecule has 2 aliphatic rings. The Kier molecular flexibility index (Phi) is 3.91. The lowest BCUT2D eigenvalue weighted by Crippen LogP contribution is -2.52. The van der Waals surface area contributed by atoms with Crippen LogP contribution in [0.15, 0.2) is 16.7 Å². The number of nitrogens with two attached hydrogens (primary N) is 1. The Hall–Kier alpha value is -1.18. The number of halogens is 1. The van der Waals surface area contributed by atoms with Crippen LogP contribution in [0.3, 0.4) is 0 Å². The molecule has 2 aliphatic heterocycles. The number of carbonyl (C=O) groups is 1. The molecule has 1 amide bonds. The van der Waals surface area contributed by atoms with E-state index >= 15 is 0 Å². The predicted octanol–water partition coefficient (Wildman–Crippen LogP) is 1.05. The van der Waals surface area contributed by atoms with Crippen LogP contribution in [0.25, 0.3) is 0 Å². The highest BCUT2D eigenvalue weighted by molar-refractivity contribution is 9.10. The average molecular weight is 340 g/mol. The van der Waals surface area contributed by atoms with Gasteiger partial charge < -0.3 is 10.3 Å². The Labute approximate surface area is 126 Å². The smallest absolute Gasteiger partial charge is 0.257 e. The van der Waals surface area contributed by atoms with E-state index in [0.29, 0.717) is 17.4 Å². The fraction of sp³-hybridized carbons (Fsp3) is 0.538. The first-order valence-electron chi connectivity index (χ1n) is 6.84. The van der Waals surface area contributed by atoms with Crippen LogP contribution in [0.1, 0.15) is 23.2 Å². The van der Waals surface area contributed by atoms with Gasteiger partial charge in [0.2, 0.25) is 0 Å². The first-order chi connectivity index (χ1) is 9.69. The van der Waals surface area contributed by atoms with Gasteiger partial charge in [0.05, 0.1) is 5.56 Å². The van der Waals surface area contributed by atoms with E-state index in [9.17, 15) is 4.79 Å². The molecule has 7 heteroatoms. The van der Waals surface area contributed by atoms with Crippen LogP contribution in [0.5, 0.6) is 0 Å². The number of aromatic nitrogens is 1. The first-order valence-corrected chi connectivity index (χ1v) is 7.64. The van der Waals surface area contributed by atoms with E-state index in [2.05, 4.69) is 31.2 Å². The monoisotopic (exact) mass is 339 g/mol. The van der Waals surface area contributed by atoms with E-state index in [4.69, 9.17) is 5.84 Å². The number of anilines is 1. The molecular weight excluding hydrogens is 322 g/mol. The molecule has 0 radical (unpaired) electrons. The summed E-state index contributed by atoms with van der Waals surface area (Å²) in [6, 6.07) is 2.29. The van der Waals surface area contributed by atoms with Gasteiger partial charge in [0, 0.05) is 36.3 Å². The molecule has 2 saturated heterocycles. The number of piperazine rings is 1. The summed E-state index contributed by atoms with van der Waals surface area (Å²) in [5.41, 5.74) is 3.02. The molecule has 1 aromatic heterocycles. The number of nitrogen functional groups attached to an aromatic ring is 1. The van der Waals surface area contributed by atoms with Crippen LogP contribution in [0.4, 0.5) is 5.82 Å². The third-order valence-electron chi connectivity index (χ3n) is 4.10. The maximum atomic E-state index is 12.7. The van der Waals surface area contributed by atoms with Gasteiger partial charge in [0.25, 0.3) is 5.91 Å². The number of nitrogens with zero attached hydrogens (tertiary/aromatic N) is 3. The number of pyridine rings is 1. The molecule has 20 heavy (non-hydrogen) atoms. The van der Waals surface area contributed by atoms with Gasteiger partial charge in [0.15, 0.2) is 5.82 Å². The summed E-state index contributed by atoms with van der Waals surface area (Å²) in [6.07, 6.45) is 4.05. The van der Waals surface area contributed by atoms with Crippen molar-refractivity contribution in [3.63, 3.8) is 0 Å². The fourth-order valence-corrected chi connectivity index (χ4v) is 3.39. The Balaban J connectivity index is 1.80. The van der Waals surface area contributed by atoms with E-state index in [1.54, 1.807) is 12.3 Å². The summed E-state index contributed by atoms with van der Waals surface area (Å²) in [6.45, 7) is 3.70. The van der Waals surface area contributed by atoms with Gasteiger partial charge in [-0.25, -0.2) is 10.8 Å². The van der Waals surface area contributed by atoms with Crippen molar-refractivity contribution >= 4 is 27.7 Å². The molecular formula is C13H18BrN5O. The first kappa shape index (κ1) is 13.8. The van der Waals surface area contributed by atoms with Crippen molar-refractivity contribution in [1.82, 2.24) is 14.8 Å². The lowest BCUT2D eigenvalue weighted by atomic mass is 10.1. The highest BCUT2D eigenvalue weighted by Gasteiger charge is 2.33. The number of hydrogen-bond donors (Lipinski definition) is 2. The van der Waals surface area contributed by atoms with Crippen molar-refractivity contribution < 1.29 is 4.79 Å². The van der Waals surface area contributed by atoms with Gasteiger partial charge in [0.1, 0.15) is 0 Å². The minimum Gasteiger partial charge on any atom is -0.336 e. The zero-order valence-corrected chi connectivity index (χ0v) is 12.8. The summed E-state index contributed by atoms with van der Waals surface area (Å²) in [5.74, 6) is 5.87. The number of hydrazine groups is 1. The molecule has 0 aliphatic carbocycles. The van der Waals surface area contributed by atoms with E-state index in [-0.39, 0.29) is 5.91 Å². The maximum Gasteiger partial charge on any atom is 0.257 e. The van der Waals surface area contributed by atoms with Gasteiger partial charge in [-0.3, -0.25) is 9.69 Å². The summed E-state index contributed by atoms with van der Waals surface area (Å²) in [7, 11) is 0. The predicted molar refractivity (Wildman–Crippen MR) is 80.2 cm³/mol. The number of carbonyl (C=O) groups excluding carboxylic acids is 1. The van der Waals surface area contributed by atoms with E-state index < -0.39 is 0 Å². The van der Waals surface area contributed by atoms with E-state index in [1.165, 1.54) is 19.4 Å². The molecule has 0 bridgehead atoms. The molecule has 1 aromatic rings. The Bertz CT molecular complexity index is 523. The van der Waals surface area contributed by atoms with Gasteiger partial charge in [-0.2, -0.15) is 0 Å². The van der Waals surface area contributed by atoms with Crippen LogP contribution in [0.2, 0.25) is 0 Å². The summed E-state index contributed by atoms with van der Waals surface area (Å²) in [5, 5.41) is 0. The second-order valence-corrected chi connectivity index (χ2v) is 6.19. The summed E-state index contributed by atoms with van der Waals surface area (Å²) < 4.78 is 0.777. The summed E-state index contributed by atoms with van der Waals surface area (Å²) >= 11 is 3.35. The third kappa shape index (κ3) is 2.53. The molecule has 3 rings (SSSR count). The SMILES string of the molecule is NNc1ncc(Br)cc1C(=O)N1CCN2CCCC2C1. The lowest BCUT2D eigenvalue weighted by molar-refractivity contribution is 0.0572. The number of hydrogen-bond acceptors (Lipinski definition) is 5. The quantitative estimate of drug-likeness (QED) is 0.622. The van der Waals surface area contributed by atoms with E-state index in [0.717, 1.165) is 24.1 Å². The second-order valence-electron chi connectivity index (χ2n) is 5.28. The van der Waals surface area contributed by atoms with Crippen LogP contribution in [0, 0.1) is 0 Å². The molecule has 0 aromatic carbocycles. The zero-order valence-electron chi connectivity index (χ0n) is 11.2. The van der Waals surface area contributed by atoms with Crippen molar-refractivity contribution in [1.29, 1.82) is 0 Å². The second kappa shape index (κ2) is 5.67. The van der Waals surface area contributed by atoms with Crippen LogP contribution in [-0.2, 0) is 0 Å². The normalized spacial score (nSPS) is 22.7. The number of rotatable bonds is 2. The Morgan fingerprint density at radius 3 is 3.10 bits per heavy atom. The number of nitrogens with one attached hydrogen (secondary N) is 1. The minimum atomic E-state index is -0.00157. The van der Waals surface area contributed by atoms with Gasteiger partial charge in [-0.1, -0.05) is 0 Å². The third-order valence-corrected chi connectivity index (χ3v) is 4.53. The molecule has 0 saturated carbocycles. The Morgan fingerprint density at radius 1 is 1.45 bits per heavy atom. The van der Waals surface area contributed by atoms with Crippen molar-refractivity contribution in [2.24, 2.45) is 5.84 Å². The molecule has 3 N–H and O–H groups in total. The van der Waals surface area contributed by atoms with Crippen LogP contribution in [-0.4, -0.2) is 52.9 Å². The molecule has 3 heterocycles. The molecule has 108 valence electrons.